The Bertz CT molecular complexity index is 524. The van der Waals surface area contributed by atoms with Crippen LogP contribution in [0.3, 0.4) is 0 Å². The van der Waals surface area contributed by atoms with Crippen molar-refractivity contribution in [1.82, 2.24) is 4.48 Å². The maximum atomic E-state index is 10.6. The van der Waals surface area contributed by atoms with Crippen molar-refractivity contribution in [2.75, 3.05) is 26.4 Å². The van der Waals surface area contributed by atoms with Gasteiger partial charge in [-0.25, -0.2) is 0 Å². The fourth-order valence-electron chi connectivity index (χ4n) is 1.77. The Morgan fingerprint density at radius 2 is 1.83 bits per heavy atom. The summed E-state index contributed by atoms with van der Waals surface area (Å²) < 4.78 is 30.1. The van der Waals surface area contributed by atoms with Crippen LogP contribution in [0.5, 0.6) is 11.5 Å². The first-order chi connectivity index (χ1) is 8.13. The van der Waals surface area contributed by atoms with Crippen LogP contribution in [0.2, 0.25) is 0 Å². The maximum absolute atomic E-state index is 10.6. The minimum atomic E-state index is -3.97. The number of aromatic hydroxyl groups is 2. The number of benzene rings is 1. The van der Waals surface area contributed by atoms with Gasteiger partial charge in [-0.15, -0.1) is 0 Å². The van der Waals surface area contributed by atoms with Crippen LogP contribution in [-0.2, 0) is 10.1 Å². The van der Waals surface area contributed by atoms with Crippen LogP contribution in [-0.4, -0.2) is 49.6 Å². The highest BCUT2D eigenvalue weighted by Crippen LogP contribution is 2.37. The van der Waals surface area contributed by atoms with Gasteiger partial charge in [-0.2, -0.15) is 8.42 Å². The van der Waals surface area contributed by atoms with Crippen molar-refractivity contribution in [3.63, 3.8) is 0 Å². The number of hydrogen-bond acceptors (Lipinski definition) is 4. The molecule has 6 nitrogen and oxygen atoms in total. The van der Waals surface area contributed by atoms with Crippen molar-refractivity contribution >= 4 is 15.8 Å². The third-order valence-electron chi connectivity index (χ3n) is 2.77. The molecule has 0 atom stereocenters. The molecule has 1 rings (SSSR count). The minimum Gasteiger partial charge on any atom is -0.504 e. The Balaban J connectivity index is 2.83. The molecule has 7 heteroatoms. The van der Waals surface area contributed by atoms with E-state index < -0.39 is 10.1 Å². The summed E-state index contributed by atoms with van der Waals surface area (Å²) in [5.41, 5.74) is 0.491. The number of phenols is 2. The largest absolute Gasteiger partial charge is 0.504 e. The number of rotatable bonds is 5. The molecule has 0 spiro atoms. The molecule has 0 saturated carbocycles. The molecule has 0 bridgehead atoms. The monoisotopic (exact) mass is 276 g/mol. The lowest BCUT2D eigenvalue weighted by atomic mass is 10.2. The predicted molar refractivity (Wildman–Crippen MR) is 69.3 cm³/mol. The van der Waals surface area contributed by atoms with Gasteiger partial charge < -0.3 is 10.2 Å². The quantitative estimate of drug-likeness (QED) is 0.423. The van der Waals surface area contributed by atoms with Crippen LogP contribution >= 0.6 is 0 Å². The molecule has 1 aromatic carbocycles. The van der Waals surface area contributed by atoms with E-state index in [9.17, 15) is 18.6 Å². The molecule has 3 N–H and O–H groups in total. The van der Waals surface area contributed by atoms with Crippen LogP contribution in [0, 0.1) is 0 Å². The van der Waals surface area contributed by atoms with Gasteiger partial charge in [0.1, 0.15) is 0 Å². The molecule has 0 aromatic heterocycles. The molecule has 0 saturated heterocycles. The van der Waals surface area contributed by atoms with Crippen molar-refractivity contribution < 1.29 is 23.2 Å². The Labute approximate surface area is 106 Å². The van der Waals surface area contributed by atoms with Crippen LogP contribution in [0.15, 0.2) is 18.2 Å². The van der Waals surface area contributed by atoms with Crippen molar-refractivity contribution in [2.45, 2.75) is 6.42 Å². The highest BCUT2D eigenvalue weighted by molar-refractivity contribution is 7.85. The summed E-state index contributed by atoms with van der Waals surface area (Å²) in [4.78, 5) is 0. The molecular formula is C11H18NO5S+. The predicted octanol–water partition coefficient (Wildman–Crippen LogP) is 0.943. The summed E-state index contributed by atoms with van der Waals surface area (Å²) in [6.07, 6.45) is 0.251. The van der Waals surface area contributed by atoms with Crippen molar-refractivity contribution in [3.8, 4) is 11.5 Å². The number of nitrogens with zero attached hydrogens (tertiary/aromatic N) is 1. The summed E-state index contributed by atoms with van der Waals surface area (Å²) in [6, 6.07) is 4.63. The molecule has 0 heterocycles. The SMILES string of the molecule is C[N+](C)(CCCS(=O)(=O)O)c1cccc(O)c1O. The first kappa shape index (κ1) is 14.7. The van der Waals surface area contributed by atoms with E-state index in [4.69, 9.17) is 4.55 Å². The van der Waals surface area contributed by atoms with E-state index in [1.165, 1.54) is 6.07 Å². The number of para-hydroxylation sites is 1. The van der Waals surface area contributed by atoms with Crippen molar-refractivity contribution in [2.24, 2.45) is 0 Å². The van der Waals surface area contributed by atoms with Gasteiger partial charge in [-0.1, -0.05) is 6.07 Å². The molecule has 0 aliphatic rings. The molecule has 1 aromatic rings. The highest BCUT2D eigenvalue weighted by Gasteiger charge is 2.25. The van der Waals surface area contributed by atoms with Gasteiger partial charge >= 0.3 is 0 Å². The van der Waals surface area contributed by atoms with Crippen molar-refractivity contribution in [3.05, 3.63) is 18.2 Å². The molecule has 0 unspecified atom stereocenters. The Kier molecular flexibility index (Phi) is 4.20. The lowest BCUT2D eigenvalue weighted by Gasteiger charge is -2.29. The van der Waals surface area contributed by atoms with Crippen LogP contribution in [0.1, 0.15) is 6.42 Å². The van der Waals surface area contributed by atoms with Crippen molar-refractivity contribution in [1.29, 1.82) is 0 Å². The van der Waals surface area contributed by atoms with Crippen LogP contribution in [0.4, 0.5) is 5.69 Å². The van der Waals surface area contributed by atoms with Gasteiger partial charge in [0.05, 0.1) is 26.4 Å². The molecule has 0 fully saturated rings. The number of phenolic OH excluding ortho intramolecular Hbond substituents is 2. The highest BCUT2D eigenvalue weighted by atomic mass is 32.2. The third-order valence-corrected chi connectivity index (χ3v) is 3.57. The second kappa shape index (κ2) is 5.13. The average Bonchev–Trinajstić information content (AvgIpc) is 2.19. The van der Waals surface area contributed by atoms with E-state index in [2.05, 4.69) is 0 Å². The van der Waals surface area contributed by atoms with E-state index in [-0.39, 0.29) is 28.2 Å². The molecule has 18 heavy (non-hydrogen) atoms. The zero-order chi connectivity index (χ0) is 14.0. The van der Waals surface area contributed by atoms with Crippen LogP contribution < -0.4 is 4.48 Å². The van der Waals surface area contributed by atoms with E-state index in [1.807, 2.05) is 0 Å². The summed E-state index contributed by atoms with van der Waals surface area (Å²) in [6.45, 7) is 0.400. The minimum absolute atomic E-state index is 0.204. The topological polar surface area (TPSA) is 94.8 Å². The summed E-state index contributed by atoms with van der Waals surface area (Å²) in [5, 5.41) is 19.2. The molecule has 0 amide bonds. The first-order valence-corrected chi connectivity index (χ1v) is 7.04. The van der Waals surface area contributed by atoms with Gasteiger partial charge in [-0.05, 0) is 6.07 Å². The second-order valence-corrected chi connectivity index (χ2v) is 6.27. The average molecular weight is 276 g/mol. The maximum Gasteiger partial charge on any atom is 0.265 e. The lowest BCUT2D eigenvalue weighted by Crippen LogP contribution is -2.42. The van der Waals surface area contributed by atoms with E-state index >= 15 is 0 Å². The molecule has 102 valence electrons. The summed E-state index contributed by atoms with van der Waals surface area (Å²) in [5.74, 6) is -0.753. The van der Waals surface area contributed by atoms with Gasteiger partial charge in [0.15, 0.2) is 11.4 Å². The van der Waals surface area contributed by atoms with Gasteiger partial charge in [0.25, 0.3) is 10.1 Å². The Morgan fingerprint density at radius 1 is 1.22 bits per heavy atom. The lowest BCUT2D eigenvalue weighted by molar-refractivity contribution is 0.355. The van der Waals surface area contributed by atoms with E-state index in [0.717, 1.165) is 0 Å². The number of quaternary nitrogens is 1. The van der Waals surface area contributed by atoms with Gasteiger partial charge in [-0.3, -0.25) is 9.04 Å². The normalized spacial score (nSPS) is 12.6. The Hall–Kier alpha value is -1.31. The second-order valence-electron chi connectivity index (χ2n) is 4.69. The van der Waals surface area contributed by atoms with E-state index in [0.29, 0.717) is 12.2 Å². The zero-order valence-electron chi connectivity index (χ0n) is 10.4. The molecule has 0 aliphatic heterocycles. The van der Waals surface area contributed by atoms with Gasteiger partial charge in [0.2, 0.25) is 5.75 Å². The summed E-state index contributed by atoms with van der Waals surface area (Å²) in [7, 11) is -0.416. The fourth-order valence-corrected chi connectivity index (χ4v) is 2.26. The van der Waals surface area contributed by atoms with Gasteiger partial charge in [0, 0.05) is 12.5 Å². The fraction of sp³-hybridized carbons (Fsp3) is 0.455. The molecule has 0 radical (unpaired) electrons. The summed E-state index contributed by atoms with van der Waals surface area (Å²) >= 11 is 0. The standard InChI is InChI=1S/C11H17NO5S/c1-12(2,7-4-8-18(15,16)17)9-5-3-6-10(13)11(9)14/h3,5-6H,4,7-8H2,1-2H3,(H2-,13,14,15,16,17)/p+1. The molecule has 0 aliphatic carbocycles. The smallest absolute Gasteiger partial charge is 0.265 e. The number of hydrogen-bond donors (Lipinski definition) is 3. The third kappa shape index (κ3) is 3.86. The molecular weight excluding hydrogens is 258 g/mol. The van der Waals surface area contributed by atoms with E-state index in [1.54, 1.807) is 26.2 Å². The first-order valence-electron chi connectivity index (χ1n) is 5.43. The zero-order valence-corrected chi connectivity index (χ0v) is 11.2. The van der Waals surface area contributed by atoms with Crippen LogP contribution in [0.25, 0.3) is 0 Å². The Morgan fingerprint density at radius 3 is 2.39 bits per heavy atom.